The number of aromatic nitrogens is 2. The van der Waals surface area contributed by atoms with E-state index in [9.17, 15) is 0 Å². The third kappa shape index (κ3) is 4.04. The highest BCUT2D eigenvalue weighted by atomic mass is 16.5. The zero-order chi connectivity index (χ0) is 15.3. The highest BCUT2D eigenvalue weighted by molar-refractivity contribution is 5.04. The van der Waals surface area contributed by atoms with E-state index in [2.05, 4.69) is 29.3 Å². The maximum Gasteiger partial charge on any atom is 0.226 e. The van der Waals surface area contributed by atoms with Gasteiger partial charge in [0.2, 0.25) is 11.7 Å². The topological polar surface area (TPSA) is 60.2 Å². The molecule has 0 radical (unpaired) electrons. The lowest BCUT2D eigenvalue weighted by Crippen LogP contribution is -2.36. The summed E-state index contributed by atoms with van der Waals surface area (Å²) >= 11 is 0. The van der Waals surface area contributed by atoms with Crippen molar-refractivity contribution in [3.05, 3.63) is 11.7 Å². The Hall–Kier alpha value is -0.940. The zero-order valence-corrected chi connectivity index (χ0v) is 13.8. The predicted molar refractivity (Wildman–Crippen MR) is 82.1 cm³/mol. The monoisotopic (exact) mass is 295 g/mol. The summed E-state index contributed by atoms with van der Waals surface area (Å²) in [5.74, 6) is 2.13. The van der Waals surface area contributed by atoms with Gasteiger partial charge < -0.3 is 14.6 Å². The standard InChI is InChI=1S/C16H29N3O2/c1-5-20-16(10-6-7-12(2)11-16)15-18-14(21-19-15)9-8-13(3)17-4/h12-13,17H,5-11H2,1-4H3. The second-order valence-corrected chi connectivity index (χ2v) is 6.37. The normalized spacial score (nSPS) is 27.7. The van der Waals surface area contributed by atoms with E-state index < -0.39 is 0 Å². The number of rotatable bonds is 7. The quantitative estimate of drug-likeness (QED) is 0.837. The molecule has 5 heteroatoms. The number of hydrogen-bond donors (Lipinski definition) is 1. The van der Waals surface area contributed by atoms with Crippen LogP contribution in [0.15, 0.2) is 4.52 Å². The van der Waals surface area contributed by atoms with Crippen LogP contribution in [0.2, 0.25) is 0 Å². The fraction of sp³-hybridized carbons (Fsp3) is 0.875. The zero-order valence-electron chi connectivity index (χ0n) is 13.8. The minimum absolute atomic E-state index is 0.331. The van der Waals surface area contributed by atoms with Crippen LogP contribution in [0.1, 0.15) is 64.6 Å². The lowest BCUT2D eigenvalue weighted by Gasteiger charge is -2.37. The molecule has 1 N–H and O–H groups in total. The van der Waals surface area contributed by atoms with Gasteiger partial charge in [-0.25, -0.2) is 0 Å². The van der Waals surface area contributed by atoms with Crippen LogP contribution in [0.3, 0.4) is 0 Å². The van der Waals surface area contributed by atoms with Crippen LogP contribution >= 0.6 is 0 Å². The van der Waals surface area contributed by atoms with Gasteiger partial charge in [0.25, 0.3) is 0 Å². The number of nitrogens with zero attached hydrogens (tertiary/aromatic N) is 2. The van der Waals surface area contributed by atoms with Crippen LogP contribution in [-0.2, 0) is 16.8 Å². The molecular weight excluding hydrogens is 266 g/mol. The summed E-state index contributed by atoms with van der Waals surface area (Å²) < 4.78 is 11.5. The van der Waals surface area contributed by atoms with Crippen molar-refractivity contribution < 1.29 is 9.26 Å². The molecule has 1 aliphatic rings. The van der Waals surface area contributed by atoms with Crippen molar-refractivity contribution in [1.82, 2.24) is 15.5 Å². The third-order valence-electron chi connectivity index (χ3n) is 4.54. The molecule has 5 nitrogen and oxygen atoms in total. The molecule has 0 saturated heterocycles. The van der Waals surface area contributed by atoms with E-state index in [0.717, 1.165) is 37.4 Å². The summed E-state index contributed by atoms with van der Waals surface area (Å²) in [5.41, 5.74) is -0.331. The van der Waals surface area contributed by atoms with Crippen LogP contribution < -0.4 is 5.32 Å². The first-order chi connectivity index (χ1) is 10.1. The smallest absolute Gasteiger partial charge is 0.226 e. The summed E-state index contributed by atoms with van der Waals surface area (Å²) in [7, 11) is 1.97. The van der Waals surface area contributed by atoms with Crippen molar-refractivity contribution >= 4 is 0 Å². The van der Waals surface area contributed by atoms with Crippen LogP contribution in [0.25, 0.3) is 0 Å². The number of nitrogens with one attached hydrogen (secondary N) is 1. The molecule has 1 heterocycles. The van der Waals surface area contributed by atoms with Crippen LogP contribution in [-0.4, -0.2) is 29.8 Å². The molecule has 0 aliphatic heterocycles. The Balaban J connectivity index is 2.08. The Morgan fingerprint density at radius 2 is 2.33 bits per heavy atom. The second kappa shape index (κ2) is 7.36. The Morgan fingerprint density at radius 1 is 1.52 bits per heavy atom. The molecule has 0 spiro atoms. The van der Waals surface area contributed by atoms with Crippen molar-refractivity contribution in [2.45, 2.75) is 70.9 Å². The Bertz CT molecular complexity index is 431. The van der Waals surface area contributed by atoms with Crippen molar-refractivity contribution in [1.29, 1.82) is 0 Å². The van der Waals surface area contributed by atoms with Crippen LogP contribution in [0.5, 0.6) is 0 Å². The molecule has 1 aromatic rings. The molecule has 1 saturated carbocycles. The minimum Gasteiger partial charge on any atom is -0.367 e. The first-order valence-corrected chi connectivity index (χ1v) is 8.24. The summed E-state index contributed by atoms with van der Waals surface area (Å²) in [5, 5.41) is 7.46. The lowest BCUT2D eigenvalue weighted by atomic mass is 9.78. The molecule has 1 aliphatic carbocycles. The molecule has 0 aromatic carbocycles. The molecule has 3 atom stereocenters. The Kier molecular flexibility index (Phi) is 5.76. The van der Waals surface area contributed by atoms with Gasteiger partial charge in [0.1, 0.15) is 5.60 Å². The van der Waals surface area contributed by atoms with Crippen molar-refractivity contribution in [2.24, 2.45) is 5.92 Å². The van der Waals surface area contributed by atoms with Gasteiger partial charge in [0.15, 0.2) is 0 Å². The molecule has 1 aromatic heterocycles. The number of hydrogen-bond acceptors (Lipinski definition) is 5. The Morgan fingerprint density at radius 3 is 3.00 bits per heavy atom. The van der Waals surface area contributed by atoms with E-state index in [1.807, 2.05) is 14.0 Å². The average Bonchev–Trinajstić information content (AvgIpc) is 2.94. The Labute approximate surface area is 127 Å². The van der Waals surface area contributed by atoms with Gasteiger partial charge >= 0.3 is 0 Å². The molecular formula is C16H29N3O2. The fourth-order valence-corrected chi connectivity index (χ4v) is 3.20. The molecule has 120 valence electrons. The number of aryl methyl sites for hydroxylation is 1. The van der Waals surface area contributed by atoms with Gasteiger partial charge in [-0.1, -0.05) is 18.5 Å². The highest BCUT2D eigenvalue weighted by Crippen LogP contribution is 2.41. The maximum absolute atomic E-state index is 6.09. The van der Waals surface area contributed by atoms with Gasteiger partial charge in [-0.3, -0.25) is 0 Å². The van der Waals surface area contributed by atoms with Crippen molar-refractivity contribution in [2.75, 3.05) is 13.7 Å². The largest absolute Gasteiger partial charge is 0.367 e. The maximum atomic E-state index is 6.09. The van der Waals surface area contributed by atoms with Crippen molar-refractivity contribution in [3.8, 4) is 0 Å². The minimum atomic E-state index is -0.331. The van der Waals surface area contributed by atoms with Gasteiger partial charge in [0, 0.05) is 19.1 Å². The van der Waals surface area contributed by atoms with Crippen LogP contribution in [0.4, 0.5) is 0 Å². The van der Waals surface area contributed by atoms with Gasteiger partial charge in [-0.2, -0.15) is 4.98 Å². The van der Waals surface area contributed by atoms with E-state index in [0.29, 0.717) is 18.6 Å². The fourth-order valence-electron chi connectivity index (χ4n) is 3.20. The van der Waals surface area contributed by atoms with Gasteiger partial charge in [-0.05, 0) is 52.5 Å². The van der Waals surface area contributed by atoms with E-state index in [1.54, 1.807) is 0 Å². The van der Waals surface area contributed by atoms with Crippen LogP contribution in [0, 0.1) is 5.92 Å². The first-order valence-electron chi connectivity index (χ1n) is 8.24. The molecule has 0 amide bonds. The third-order valence-corrected chi connectivity index (χ3v) is 4.54. The van der Waals surface area contributed by atoms with Gasteiger partial charge in [-0.15, -0.1) is 0 Å². The molecule has 2 rings (SSSR count). The average molecular weight is 295 g/mol. The molecule has 0 bridgehead atoms. The predicted octanol–water partition coefficient (Wildman–Crippen LogP) is 3.05. The summed E-state index contributed by atoms with van der Waals surface area (Å²) in [6.07, 6.45) is 6.23. The summed E-state index contributed by atoms with van der Waals surface area (Å²) in [4.78, 5) is 4.63. The SMILES string of the molecule is CCOC1(c2noc(CCC(C)NC)n2)CCCC(C)C1. The molecule has 1 fully saturated rings. The second-order valence-electron chi connectivity index (χ2n) is 6.37. The highest BCUT2D eigenvalue weighted by Gasteiger charge is 2.41. The lowest BCUT2D eigenvalue weighted by molar-refractivity contribution is -0.0891. The van der Waals surface area contributed by atoms with E-state index in [1.165, 1.54) is 12.8 Å². The van der Waals surface area contributed by atoms with E-state index >= 15 is 0 Å². The summed E-state index contributed by atoms with van der Waals surface area (Å²) in [6, 6.07) is 0.455. The van der Waals surface area contributed by atoms with E-state index in [-0.39, 0.29) is 5.60 Å². The molecule has 21 heavy (non-hydrogen) atoms. The number of ether oxygens (including phenoxy) is 1. The first kappa shape index (κ1) is 16.4. The molecule has 3 unspecified atom stereocenters. The summed E-state index contributed by atoms with van der Waals surface area (Å²) in [6.45, 7) is 7.16. The van der Waals surface area contributed by atoms with Crippen molar-refractivity contribution in [3.63, 3.8) is 0 Å². The van der Waals surface area contributed by atoms with E-state index in [4.69, 9.17) is 9.26 Å². The van der Waals surface area contributed by atoms with Gasteiger partial charge in [0.05, 0.1) is 0 Å².